The molecule has 0 spiro atoms. The van der Waals surface area contributed by atoms with Crippen molar-refractivity contribution in [2.45, 2.75) is 90.4 Å². The molecule has 0 N–H and O–H groups in total. The first-order valence-electron chi connectivity index (χ1n) is 14.7. The predicted molar refractivity (Wildman–Crippen MR) is 154 cm³/mol. The fraction of sp³-hybridized carbons (Fsp3) is 0.515. The molecule has 0 aromatic heterocycles. The van der Waals surface area contributed by atoms with Crippen molar-refractivity contribution in [2.75, 3.05) is 19.8 Å². The fourth-order valence-electron chi connectivity index (χ4n) is 4.66. The summed E-state index contributed by atoms with van der Waals surface area (Å²) in [6.45, 7) is 4.32. The summed E-state index contributed by atoms with van der Waals surface area (Å²) < 4.78 is 11.8. The normalized spacial score (nSPS) is 12.9. The van der Waals surface area contributed by atoms with Gasteiger partial charge in [0.05, 0.1) is 13.2 Å². The maximum atomic E-state index is 11.5. The van der Waals surface area contributed by atoms with Crippen LogP contribution in [0.25, 0.3) is 11.1 Å². The number of carbonyl (C=O) groups is 2. The van der Waals surface area contributed by atoms with E-state index in [1.165, 1.54) is 86.0 Å². The van der Waals surface area contributed by atoms with Crippen LogP contribution in [0.1, 0.15) is 90.4 Å². The van der Waals surface area contributed by atoms with Crippen LogP contribution in [0.5, 0.6) is 11.5 Å². The summed E-state index contributed by atoms with van der Waals surface area (Å²) in [6, 6.07) is 16.7. The highest BCUT2D eigenvalue weighted by molar-refractivity contribution is 6.12. The van der Waals surface area contributed by atoms with Crippen LogP contribution in [-0.2, 0) is 9.59 Å². The largest absolute Gasteiger partial charge is 0.494 e. The number of amides is 2. The van der Waals surface area contributed by atoms with Crippen molar-refractivity contribution in [3.05, 3.63) is 60.7 Å². The molecule has 0 saturated carbocycles. The van der Waals surface area contributed by atoms with Crippen molar-refractivity contribution in [3.8, 4) is 22.6 Å². The maximum absolute atomic E-state index is 11.5. The number of carbonyl (C=O) groups excluding carboxylic acids is 2. The van der Waals surface area contributed by atoms with Crippen molar-refractivity contribution in [1.82, 2.24) is 4.90 Å². The van der Waals surface area contributed by atoms with E-state index in [-0.39, 0.29) is 11.8 Å². The lowest BCUT2D eigenvalue weighted by molar-refractivity contribution is -0.136. The van der Waals surface area contributed by atoms with Crippen molar-refractivity contribution >= 4 is 11.8 Å². The maximum Gasteiger partial charge on any atom is 0.253 e. The average Bonchev–Trinajstić information content (AvgIpc) is 3.26. The van der Waals surface area contributed by atoms with Gasteiger partial charge in [0.15, 0.2) is 0 Å². The van der Waals surface area contributed by atoms with E-state index < -0.39 is 0 Å². The molecule has 0 bridgehead atoms. The zero-order valence-corrected chi connectivity index (χ0v) is 23.2. The van der Waals surface area contributed by atoms with Gasteiger partial charge in [-0.05, 0) is 54.7 Å². The van der Waals surface area contributed by atoms with E-state index in [1.54, 1.807) is 0 Å². The quantitative estimate of drug-likeness (QED) is 0.131. The first kappa shape index (κ1) is 29.5. The molecule has 3 rings (SSSR count). The molecule has 2 amide bonds. The highest BCUT2D eigenvalue weighted by Gasteiger charge is 2.22. The SMILES string of the molecule is CCCCCCOc1ccc(-c2ccc(OCCCCCCCCCCCN3C(=O)C=CC3=O)cc2)cc1. The van der Waals surface area contributed by atoms with Gasteiger partial charge >= 0.3 is 0 Å². The highest BCUT2D eigenvalue weighted by Crippen LogP contribution is 2.25. The number of unbranched alkanes of at least 4 members (excludes halogenated alkanes) is 11. The molecule has 0 aliphatic carbocycles. The lowest BCUT2D eigenvalue weighted by atomic mass is 10.1. The molecule has 0 radical (unpaired) electrons. The number of ether oxygens (including phenoxy) is 2. The molecule has 5 nitrogen and oxygen atoms in total. The summed E-state index contributed by atoms with van der Waals surface area (Å²) in [5.41, 5.74) is 2.37. The van der Waals surface area contributed by atoms with Crippen LogP contribution in [0.15, 0.2) is 60.7 Å². The van der Waals surface area contributed by atoms with Crippen molar-refractivity contribution in [1.29, 1.82) is 0 Å². The molecule has 206 valence electrons. The Hall–Kier alpha value is -3.08. The van der Waals surface area contributed by atoms with E-state index >= 15 is 0 Å². The van der Waals surface area contributed by atoms with Gasteiger partial charge in [0.2, 0.25) is 0 Å². The Morgan fingerprint density at radius 1 is 0.526 bits per heavy atom. The van der Waals surface area contributed by atoms with E-state index in [0.717, 1.165) is 50.4 Å². The Bertz CT molecular complexity index is 963. The van der Waals surface area contributed by atoms with Gasteiger partial charge in [-0.25, -0.2) is 0 Å². The summed E-state index contributed by atoms with van der Waals surface area (Å²) in [5, 5.41) is 0. The minimum Gasteiger partial charge on any atom is -0.494 e. The Morgan fingerprint density at radius 3 is 1.37 bits per heavy atom. The number of hydrogen-bond donors (Lipinski definition) is 0. The lowest BCUT2D eigenvalue weighted by Crippen LogP contribution is -2.30. The molecule has 0 saturated heterocycles. The summed E-state index contributed by atoms with van der Waals surface area (Å²) in [4.78, 5) is 24.3. The van der Waals surface area contributed by atoms with E-state index in [4.69, 9.17) is 9.47 Å². The minimum absolute atomic E-state index is 0.170. The second-order valence-corrected chi connectivity index (χ2v) is 10.1. The molecule has 0 atom stereocenters. The number of benzene rings is 2. The van der Waals surface area contributed by atoms with Gasteiger partial charge < -0.3 is 9.47 Å². The van der Waals surface area contributed by atoms with Crippen LogP contribution in [0.4, 0.5) is 0 Å². The van der Waals surface area contributed by atoms with Crippen LogP contribution in [-0.4, -0.2) is 36.5 Å². The van der Waals surface area contributed by atoms with Gasteiger partial charge in [-0.3, -0.25) is 14.5 Å². The predicted octanol–water partition coefficient (Wildman–Crippen LogP) is 8.13. The molecule has 0 fully saturated rings. The Labute approximate surface area is 229 Å². The molecule has 2 aromatic rings. The summed E-state index contributed by atoms with van der Waals surface area (Å²) in [6.07, 6.45) is 18.0. The first-order valence-corrected chi connectivity index (χ1v) is 14.7. The molecular weight excluding hydrogens is 474 g/mol. The zero-order chi connectivity index (χ0) is 26.8. The van der Waals surface area contributed by atoms with Gasteiger partial charge in [0.1, 0.15) is 11.5 Å². The smallest absolute Gasteiger partial charge is 0.253 e. The van der Waals surface area contributed by atoms with E-state index in [1.807, 2.05) is 0 Å². The molecule has 1 aliphatic rings. The van der Waals surface area contributed by atoms with E-state index in [0.29, 0.717) is 6.54 Å². The van der Waals surface area contributed by atoms with Gasteiger partial charge in [0.25, 0.3) is 11.8 Å². The molecular formula is C33H45NO4. The monoisotopic (exact) mass is 519 g/mol. The molecule has 1 heterocycles. The van der Waals surface area contributed by atoms with Crippen LogP contribution in [0.3, 0.4) is 0 Å². The third-order valence-electron chi connectivity index (χ3n) is 7.00. The van der Waals surface area contributed by atoms with Gasteiger partial charge in [0, 0.05) is 18.7 Å². The number of imide groups is 1. The standard InChI is InChI=1S/C33H45NO4/c1-2-3-4-13-26-37-30-19-15-28(16-20-30)29-17-21-31(22-18-29)38-27-14-11-9-7-5-6-8-10-12-25-34-32(35)23-24-33(34)36/h15-24H,2-14,25-27H2,1H3. The summed E-state index contributed by atoms with van der Waals surface area (Å²) in [5.74, 6) is 1.52. The topological polar surface area (TPSA) is 55.8 Å². The third kappa shape index (κ3) is 10.7. The van der Waals surface area contributed by atoms with Crippen molar-refractivity contribution in [2.24, 2.45) is 0 Å². The summed E-state index contributed by atoms with van der Waals surface area (Å²) in [7, 11) is 0. The Morgan fingerprint density at radius 2 is 0.921 bits per heavy atom. The van der Waals surface area contributed by atoms with Crippen LogP contribution >= 0.6 is 0 Å². The average molecular weight is 520 g/mol. The van der Waals surface area contributed by atoms with Gasteiger partial charge in [-0.1, -0.05) is 95.4 Å². The van der Waals surface area contributed by atoms with E-state index in [2.05, 4.69) is 55.5 Å². The second-order valence-electron chi connectivity index (χ2n) is 10.1. The molecule has 2 aromatic carbocycles. The van der Waals surface area contributed by atoms with Crippen LogP contribution in [0, 0.1) is 0 Å². The van der Waals surface area contributed by atoms with Crippen molar-refractivity contribution in [3.63, 3.8) is 0 Å². The minimum atomic E-state index is -0.170. The Kier molecular flexibility index (Phi) is 13.5. The lowest BCUT2D eigenvalue weighted by Gasteiger charge is -2.13. The second kappa shape index (κ2) is 17.4. The highest BCUT2D eigenvalue weighted by atomic mass is 16.5. The molecule has 0 unspecified atom stereocenters. The van der Waals surface area contributed by atoms with Crippen LogP contribution in [0.2, 0.25) is 0 Å². The zero-order valence-electron chi connectivity index (χ0n) is 23.2. The first-order chi connectivity index (χ1) is 18.7. The number of hydrogen-bond acceptors (Lipinski definition) is 4. The van der Waals surface area contributed by atoms with Gasteiger partial charge in [-0.15, -0.1) is 0 Å². The van der Waals surface area contributed by atoms with Crippen molar-refractivity contribution < 1.29 is 19.1 Å². The van der Waals surface area contributed by atoms with Crippen LogP contribution < -0.4 is 9.47 Å². The molecule has 5 heteroatoms. The fourth-order valence-corrected chi connectivity index (χ4v) is 4.66. The summed E-state index contributed by atoms with van der Waals surface area (Å²) >= 11 is 0. The molecule has 1 aliphatic heterocycles. The van der Waals surface area contributed by atoms with Gasteiger partial charge in [-0.2, -0.15) is 0 Å². The third-order valence-corrected chi connectivity index (χ3v) is 7.00. The number of nitrogens with zero attached hydrogens (tertiary/aromatic N) is 1. The number of rotatable bonds is 20. The van der Waals surface area contributed by atoms with E-state index in [9.17, 15) is 9.59 Å². The Balaban J connectivity index is 1.17. The molecule has 38 heavy (non-hydrogen) atoms.